The molecule has 6 heteroatoms. The summed E-state index contributed by atoms with van der Waals surface area (Å²) in [6, 6.07) is 5.20. The molecule has 0 saturated carbocycles. The second-order valence-electron chi connectivity index (χ2n) is 3.65. The van der Waals surface area contributed by atoms with Crippen molar-refractivity contribution in [3.05, 3.63) is 38.3 Å². The number of hydrogen-bond donors (Lipinski definition) is 1. The summed E-state index contributed by atoms with van der Waals surface area (Å²) in [6.07, 6.45) is 0. The number of ether oxygens (including phenoxy) is 1. The van der Waals surface area contributed by atoms with Crippen LogP contribution in [0.25, 0.3) is 0 Å². The minimum Gasteiger partial charge on any atom is -0.378 e. The van der Waals surface area contributed by atoms with Crippen LogP contribution in [0.2, 0.25) is 0 Å². The van der Waals surface area contributed by atoms with E-state index in [1.165, 1.54) is 12.1 Å². The lowest BCUT2D eigenvalue weighted by Gasteiger charge is -2.27. The van der Waals surface area contributed by atoms with Crippen LogP contribution < -0.4 is 5.32 Å². The summed E-state index contributed by atoms with van der Waals surface area (Å²) in [7, 11) is 0. The number of nitrogens with one attached hydrogen (secondary N) is 1. The average Bonchev–Trinajstić information content (AvgIpc) is 2.17. The molecule has 1 aliphatic heterocycles. The number of halogens is 1. The molecular formula is C10H11BrN2O3. The Balaban J connectivity index is 2.00. The standard InChI is InChI=1S/C10H11BrN2O3/c11-10-3-9(13(14)15)2-1-7(10)4-12-8-5-16-6-8/h1-3,8,12H,4-6H2. The number of nitro groups is 1. The van der Waals surface area contributed by atoms with Gasteiger partial charge in [0.25, 0.3) is 5.69 Å². The van der Waals surface area contributed by atoms with Crippen molar-refractivity contribution < 1.29 is 9.66 Å². The van der Waals surface area contributed by atoms with E-state index in [4.69, 9.17) is 4.74 Å². The van der Waals surface area contributed by atoms with Crippen molar-refractivity contribution in [1.82, 2.24) is 5.32 Å². The summed E-state index contributed by atoms with van der Waals surface area (Å²) in [4.78, 5) is 10.1. The first-order valence-corrected chi connectivity index (χ1v) is 5.70. The fourth-order valence-corrected chi connectivity index (χ4v) is 1.91. The maximum Gasteiger partial charge on any atom is 0.270 e. The lowest BCUT2D eigenvalue weighted by Crippen LogP contribution is -2.45. The first-order valence-electron chi connectivity index (χ1n) is 4.91. The summed E-state index contributed by atoms with van der Waals surface area (Å²) < 4.78 is 5.80. The normalized spacial score (nSPS) is 15.8. The van der Waals surface area contributed by atoms with Gasteiger partial charge in [-0.1, -0.05) is 15.9 Å². The van der Waals surface area contributed by atoms with E-state index in [0.717, 1.165) is 23.2 Å². The Bertz CT molecular complexity index is 407. The summed E-state index contributed by atoms with van der Waals surface area (Å²) in [5, 5.41) is 13.8. The molecule has 16 heavy (non-hydrogen) atoms. The highest BCUT2D eigenvalue weighted by Gasteiger charge is 2.17. The largest absolute Gasteiger partial charge is 0.378 e. The van der Waals surface area contributed by atoms with E-state index in [1.807, 2.05) is 0 Å². The van der Waals surface area contributed by atoms with Crippen LogP contribution in [0, 0.1) is 10.1 Å². The topological polar surface area (TPSA) is 64.4 Å². The predicted molar refractivity (Wildman–Crippen MR) is 62.2 cm³/mol. The Morgan fingerprint density at radius 2 is 2.31 bits per heavy atom. The van der Waals surface area contributed by atoms with Gasteiger partial charge < -0.3 is 10.1 Å². The molecule has 2 rings (SSSR count). The predicted octanol–water partition coefficient (Wildman–Crippen LogP) is 1.85. The molecule has 1 fully saturated rings. The molecule has 0 amide bonds. The highest BCUT2D eigenvalue weighted by molar-refractivity contribution is 9.10. The molecule has 86 valence electrons. The average molecular weight is 287 g/mol. The van der Waals surface area contributed by atoms with Gasteiger partial charge in [-0.15, -0.1) is 0 Å². The van der Waals surface area contributed by atoms with Gasteiger partial charge in [-0.05, 0) is 11.6 Å². The molecule has 1 N–H and O–H groups in total. The smallest absolute Gasteiger partial charge is 0.270 e. The van der Waals surface area contributed by atoms with Crippen LogP contribution in [0.4, 0.5) is 5.69 Å². The van der Waals surface area contributed by atoms with E-state index in [2.05, 4.69) is 21.2 Å². The summed E-state index contributed by atoms with van der Waals surface area (Å²) >= 11 is 3.33. The molecule has 1 saturated heterocycles. The van der Waals surface area contributed by atoms with Crippen molar-refractivity contribution in [2.45, 2.75) is 12.6 Å². The number of nitro benzene ring substituents is 1. The SMILES string of the molecule is O=[N+]([O-])c1ccc(CNC2COC2)c(Br)c1. The first kappa shape index (κ1) is 11.5. The maximum absolute atomic E-state index is 10.5. The first-order chi connectivity index (χ1) is 7.66. The van der Waals surface area contributed by atoms with E-state index < -0.39 is 4.92 Å². The van der Waals surface area contributed by atoms with Crippen LogP contribution in [0.5, 0.6) is 0 Å². The Labute approximate surface area is 101 Å². The Hall–Kier alpha value is -0.980. The van der Waals surface area contributed by atoms with E-state index in [1.54, 1.807) is 6.07 Å². The minimum atomic E-state index is -0.401. The lowest BCUT2D eigenvalue weighted by atomic mass is 10.2. The molecule has 0 bridgehead atoms. The molecule has 1 aromatic carbocycles. The highest BCUT2D eigenvalue weighted by atomic mass is 79.9. The Morgan fingerprint density at radius 3 is 2.81 bits per heavy atom. The molecule has 1 aromatic rings. The van der Waals surface area contributed by atoms with Gasteiger partial charge in [-0.2, -0.15) is 0 Å². The van der Waals surface area contributed by atoms with Gasteiger partial charge in [0.15, 0.2) is 0 Å². The molecule has 0 spiro atoms. The zero-order valence-corrected chi connectivity index (χ0v) is 10.1. The number of nitrogens with zero attached hydrogens (tertiary/aromatic N) is 1. The summed E-state index contributed by atoms with van der Waals surface area (Å²) in [6.45, 7) is 2.17. The van der Waals surface area contributed by atoms with Crippen LogP contribution in [0.3, 0.4) is 0 Å². The van der Waals surface area contributed by atoms with Gasteiger partial charge in [0.05, 0.1) is 24.2 Å². The molecule has 1 heterocycles. The number of benzene rings is 1. The van der Waals surface area contributed by atoms with Crippen molar-refractivity contribution >= 4 is 21.6 Å². The molecule has 0 aromatic heterocycles. The van der Waals surface area contributed by atoms with Crippen LogP contribution in [-0.4, -0.2) is 24.2 Å². The third kappa shape index (κ3) is 2.58. The lowest BCUT2D eigenvalue weighted by molar-refractivity contribution is -0.384. The fraction of sp³-hybridized carbons (Fsp3) is 0.400. The molecule has 5 nitrogen and oxygen atoms in total. The molecular weight excluding hydrogens is 276 g/mol. The van der Waals surface area contributed by atoms with Crippen LogP contribution >= 0.6 is 15.9 Å². The molecule has 0 radical (unpaired) electrons. The third-order valence-corrected chi connectivity index (χ3v) is 3.20. The Morgan fingerprint density at radius 1 is 1.56 bits per heavy atom. The van der Waals surface area contributed by atoms with Gasteiger partial charge in [0.1, 0.15) is 0 Å². The molecule has 0 aliphatic carbocycles. The summed E-state index contributed by atoms with van der Waals surface area (Å²) in [5.74, 6) is 0. The highest BCUT2D eigenvalue weighted by Crippen LogP contribution is 2.23. The van der Waals surface area contributed by atoms with Gasteiger partial charge in [0, 0.05) is 23.2 Å². The van der Waals surface area contributed by atoms with Crippen molar-refractivity contribution in [2.24, 2.45) is 0 Å². The minimum absolute atomic E-state index is 0.0996. The number of hydrogen-bond acceptors (Lipinski definition) is 4. The van der Waals surface area contributed by atoms with E-state index in [-0.39, 0.29) is 5.69 Å². The second-order valence-corrected chi connectivity index (χ2v) is 4.50. The molecule has 0 atom stereocenters. The van der Waals surface area contributed by atoms with E-state index >= 15 is 0 Å². The second kappa shape index (κ2) is 4.90. The van der Waals surface area contributed by atoms with Crippen LogP contribution in [0.1, 0.15) is 5.56 Å². The zero-order chi connectivity index (χ0) is 11.5. The van der Waals surface area contributed by atoms with Crippen molar-refractivity contribution in [3.63, 3.8) is 0 Å². The van der Waals surface area contributed by atoms with Crippen molar-refractivity contribution in [1.29, 1.82) is 0 Å². The Kier molecular flexibility index (Phi) is 3.52. The maximum atomic E-state index is 10.5. The number of non-ortho nitro benzene ring substituents is 1. The molecule has 0 unspecified atom stereocenters. The zero-order valence-electron chi connectivity index (χ0n) is 8.48. The molecule has 1 aliphatic rings. The van der Waals surface area contributed by atoms with Gasteiger partial charge in [-0.3, -0.25) is 10.1 Å². The quantitative estimate of drug-likeness (QED) is 0.678. The third-order valence-electron chi connectivity index (χ3n) is 2.47. The van der Waals surface area contributed by atoms with Crippen LogP contribution in [-0.2, 0) is 11.3 Å². The number of rotatable bonds is 4. The van der Waals surface area contributed by atoms with Crippen LogP contribution in [0.15, 0.2) is 22.7 Å². The van der Waals surface area contributed by atoms with E-state index in [0.29, 0.717) is 12.6 Å². The fourth-order valence-electron chi connectivity index (χ4n) is 1.40. The van der Waals surface area contributed by atoms with Gasteiger partial charge >= 0.3 is 0 Å². The monoisotopic (exact) mass is 286 g/mol. The van der Waals surface area contributed by atoms with Crippen molar-refractivity contribution in [2.75, 3.05) is 13.2 Å². The van der Waals surface area contributed by atoms with E-state index in [9.17, 15) is 10.1 Å². The van der Waals surface area contributed by atoms with Gasteiger partial charge in [-0.25, -0.2) is 0 Å². The van der Waals surface area contributed by atoms with Crippen molar-refractivity contribution in [3.8, 4) is 0 Å². The van der Waals surface area contributed by atoms with Gasteiger partial charge in [0.2, 0.25) is 0 Å². The summed E-state index contributed by atoms with van der Waals surface area (Å²) in [5.41, 5.74) is 1.11.